The zero-order valence-corrected chi connectivity index (χ0v) is 15.0. The van der Waals surface area contributed by atoms with Crippen LogP contribution in [0.5, 0.6) is 0 Å². The third kappa shape index (κ3) is 4.04. The maximum Gasteiger partial charge on any atom is 0.215 e. The fourth-order valence-electron chi connectivity index (χ4n) is 3.22. The molecule has 0 radical (unpaired) electrons. The Hall–Kier alpha value is -1.69. The molecular formula is C19H24N2O2S. The number of nitrogens with one attached hydrogen (secondary N) is 2. The van der Waals surface area contributed by atoms with Gasteiger partial charge in [-0.05, 0) is 49.1 Å². The summed E-state index contributed by atoms with van der Waals surface area (Å²) < 4.78 is 25.5. The molecule has 0 saturated heterocycles. The molecule has 2 N–H and O–H groups in total. The van der Waals surface area contributed by atoms with E-state index in [4.69, 9.17) is 0 Å². The summed E-state index contributed by atoms with van der Waals surface area (Å²) in [6.07, 6.45) is 2.27. The van der Waals surface area contributed by atoms with Crippen molar-refractivity contribution in [3.8, 4) is 0 Å². The topological polar surface area (TPSA) is 58.2 Å². The van der Waals surface area contributed by atoms with Gasteiger partial charge >= 0.3 is 0 Å². The van der Waals surface area contributed by atoms with Gasteiger partial charge in [-0.25, -0.2) is 13.1 Å². The highest BCUT2D eigenvalue weighted by Crippen LogP contribution is 2.31. The molecule has 0 fully saturated rings. The molecule has 0 aliphatic heterocycles. The lowest BCUT2D eigenvalue weighted by Gasteiger charge is -2.15. The summed E-state index contributed by atoms with van der Waals surface area (Å²) in [4.78, 5) is 0. The van der Waals surface area contributed by atoms with Gasteiger partial charge < -0.3 is 5.32 Å². The van der Waals surface area contributed by atoms with Gasteiger partial charge in [0.1, 0.15) is 0 Å². The van der Waals surface area contributed by atoms with Crippen LogP contribution in [-0.2, 0) is 28.7 Å². The normalized spacial score (nSPS) is 17.0. The van der Waals surface area contributed by atoms with Crippen LogP contribution in [0.2, 0.25) is 0 Å². The number of aryl methyl sites for hydroxylation is 2. The zero-order chi connectivity index (χ0) is 17.2. The second-order valence-electron chi connectivity index (χ2n) is 6.45. The van der Waals surface area contributed by atoms with Gasteiger partial charge in [0.2, 0.25) is 10.0 Å². The molecule has 1 aliphatic rings. The molecule has 128 valence electrons. The maximum atomic E-state index is 11.6. The Morgan fingerprint density at radius 1 is 1.08 bits per heavy atom. The summed E-state index contributed by atoms with van der Waals surface area (Å²) >= 11 is 0. The van der Waals surface area contributed by atoms with Gasteiger partial charge in [0, 0.05) is 12.6 Å². The highest BCUT2D eigenvalue weighted by molar-refractivity contribution is 7.88. The first kappa shape index (κ1) is 17.1. The quantitative estimate of drug-likeness (QED) is 0.847. The van der Waals surface area contributed by atoms with E-state index in [0.29, 0.717) is 6.04 Å². The molecule has 4 nitrogen and oxygen atoms in total. The van der Waals surface area contributed by atoms with E-state index in [2.05, 4.69) is 35.2 Å². The summed E-state index contributed by atoms with van der Waals surface area (Å²) in [7, 11) is -1.77. The Labute approximate surface area is 144 Å². The molecule has 0 unspecified atom stereocenters. The van der Waals surface area contributed by atoms with Crippen LogP contribution in [0.1, 0.15) is 40.3 Å². The first-order chi connectivity index (χ1) is 11.5. The van der Waals surface area contributed by atoms with Crippen molar-refractivity contribution in [2.24, 2.45) is 0 Å². The van der Waals surface area contributed by atoms with Crippen molar-refractivity contribution < 1.29 is 8.42 Å². The van der Waals surface area contributed by atoms with E-state index in [1.54, 1.807) is 0 Å². The van der Waals surface area contributed by atoms with Gasteiger partial charge in [0.25, 0.3) is 0 Å². The molecule has 2 aromatic rings. The molecule has 1 atom stereocenters. The Bertz CT molecular complexity index is 814. The van der Waals surface area contributed by atoms with Crippen LogP contribution in [-0.4, -0.2) is 15.5 Å². The van der Waals surface area contributed by atoms with Crippen molar-refractivity contribution in [3.05, 3.63) is 70.3 Å². The lowest BCUT2D eigenvalue weighted by atomic mass is 10.0. The molecule has 1 aliphatic carbocycles. The Morgan fingerprint density at radius 2 is 1.79 bits per heavy atom. The molecule has 2 aromatic carbocycles. The number of fused-ring (bicyclic) bond motifs is 1. The van der Waals surface area contributed by atoms with Crippen LogP contribution in [0, 0.1) is 6.92 Å². The third-order valence-corrected chi connectivity index (χ3v) is 5.96. The molecule has 0 heterocycles. The average Bonchev–Trinajstić information content (AvgIpc) is 2.96. The summed E-state index contributed by atoms with van der Waals surface area (Å²) in [5.41, 5.74) is 6.15. The molecule has 0 bridgehead atoms. The van der Waals surface area contributed by atoms with Crippen LogP contribution in [0.25, 0.3) is 0 Å². The molecule has 0 saturated carbocycles. The minimum absolute atomic E-state index is 0.0203. The first-order valence-electron chi connectivity index (χ1n) is 8.29. The number of hydrogen-bond acceptors (Lipinski definition) is 3. The van der Waals surface area contributed by atoms with E-state index < -0.39 is 10.0 Å². The maximum absolute atomic E-state index is 11.6. The molecule has 0 spiro atoms. The molecular weight excluding hydrogens is 320 g/mol. The minimum atomic E-state index is -3.21. The van der Waals surface area contributed by atoms with Crippen molar-refractivity contribution in [1.82, 2.24) is 10.0 Å². The number of hydrogen-bond donors (Lipinski definition) is 2. The van der Waals surface area contributed by atoms with Crippen LogP contribution in [0.15, 0.2) is 42.5 Å². The zero-order valence-electron chi connectivity index (χ0n) is 14.2. The summed E-state index contributed by atoms with van der Waals surface area (Å²) in [6, 6.07) is 14.9. The van der Waals surface area contributed by atoms with Gasteiger partial charge in [-0.15, -0.1) is 0 Å². The first-order valence-corrected chi connectivity index (χ1v) is 9.94. The SMILES string of the molecule is CNS(=O)(=O)Cc1ccc(CN[C@H]2CCc3ccc(C)cc32)cc1. The van der Waals surface area contributed by atoms with E-state index in [1.807, 2.05) is 24.3 Å². The van der Waals surface area contributed by atoms with Crippen LogP contribution < -0.4 is 10.0 Å². The minimum Gasteiger partial charge on any atom is -0.306 e. The monoisotopic (exact) mass is 344 g/mol. The lowest BCUT2D eigenvalue weighted by Crippen LogP contribution is -2.20. The average molecular weight is 344 g/mol. The predicted octanol–water partition coefficient (Wildman–Crippen LogP) is 2.82. The van der Waals surface area contributed by atoms with E-state index in [9.17, 15) is 8.42 Å². The molecule has 0 aromatic heterocycles. The summed E-state index contributed by atoms with van der Waals surface area (Å²) in [6.45, 7) is 2.92. The fraction of sp³-hybridized carbons (Fsp3) is 0.368. The number of rotatable bonds is 6. The van der Waals surface area contributed by atoms with Gasteiger partial charge in [-0.3, -0.25) is 0 Å². The summed E-state index contributed by atoms with van der Waals surface area (Å²) in [5, 5.41) is 3.63. The molecule has 0 amide bonds. The van der Waals surface area contributed by atoms with Gasteiger partial charge in [0.15, 0.2) is 0 Å². The third-order valence-electron chi connectivity index (χ3n) is 4.62. The van der Waals surface area contributed by atoms with E-state index >= 15 is 0 Å². The Balaban J connectivity index is 1.61. The molecule has 5 heteroatoms. The Kier molecular flexibility index (Phi) is 5.04. The van der Waals surface area contributed by atoms with Crippen molar-refractivity contribution in [3.63, 3.8) is 0 Å². The van der Waals surface area contributed by atoms with Crippen molar-refractivity contribution in [1.29, 1.82) is 0 Å². The molecule has 3 rings (SSSR count). The largest absolute Gasteiger partial charge is 0.306 e. The van der Waals surface area contributed by atoms with Crippen molar-refractivity contribution in [2.75, 3.05) is 7.05 Å². The molecule has 24 heavy (non-hydrogen) atoms. The summed E-state index contributed by atoms with van der Waals surface area (Å²) in [5.74, 6) is 0.0203. The van der Waals surface area contributed by atoms with E-state index in [1.165, 1.54) is 29.3 Å². The highest BCUT2D eigenvalue weighted by atomic mass is 32.2. The van der Waals surface area contributed by atoms with E-state index in [0.717, 1.165) is 24.9 Å². The second-order valence-corrected chi connectivity index (χ2v) is 8.38. The van der Waals surface area contributed by atoms with Gasteiger partial charge in [0.05, 0.1) is 5.75 Å². The van der Waals surface area contributed by atoms with Crippen molar-refractivity contribution in [2.45, 2.75) is 38.1 Å². The highest BCUT2D eigenvalue weighted by Gasteiger charge is 2.21. The lowest BCUT2D eigenvalue weighted by molar-refractivity contribution is 0.530. The van der Waals surface area contributed by atoms with Gasteiger partial charge in [-0.2, -0.15) is 0 Å². The van der Waals surface area contributed by atoms with Crippen LogP contribution >= 0.6 is 0 Å². The van der Waals surface area contributed by atoms with E-state index in [-0.39, 0.29) is 5.75 Å². The smallest absolute Gasteiger partial charge is 0.215 e. The number of sulfonamides is 1. The second kappa shape index (κ2) is 7.05. The van der Waals surface area contributed by atoms with Crippen LogP contribution in [0.4, 0.5) is 0 Å². The fourth-order valence-corrected chi connectivity index (χ4v) is 4.00. The predicted molar refractivity (Wildman–Crippen MR) is 97.2 cm³/mol. The van der Waals surface area contributed by atoms with Crippen molar-refractivity contribution >= 4 is 10.0 Å². The Morgan fingerprint density at radius 3 is 2.50 bits per heavy atom. The standard InChI is InChI=1S/C19H24N2O2S/c1-14-3-8-17-9-10-19(18(17)11-14)21-12-15-4-6-16(7-5-15)13-24(22,23)20-2/h3-8,11,19-21H,9-10,12-13H2,1-2H3/t19-/m0/s1. The number of benzene rings is 2. The van der Waals surface area contributed by atoms with Gasteiger partial charge in [-0.1, -0.05) is 48.0 Å². The van der Waals surface area contributed by atoms with Crippen LogP contribution in [0.3, 0.4) is 0 Å².